The van der Waals surface area contributed by atoms with E-state index in [1.807, 2.05) is 5.38 Å². The molecular formula is C18H21N3O4S. The van der Waals surface area contributed by atoms with Gasteiger partial charge in [-0.25, -0.2) is 4.98 Å². The van der Waals surface area contributed by atoms with Gasteiger partial charge in [0.15, 0.2) is 5.75 Å². The number of methoxy groups -OCH3 is 1. The molecule has 2 amide bonds. The number of rotatable bonds is 6. The number of ether oxygens (including phenoxy) is 2. The lowest BCUT2D eigenvalue weighted by Gasteiger charge is -2.20. The van der Waals surface area contributed by atoms with Gasteiger partial charge >= 0.3 is 0 Å². The van der Waals surface area contributed by atoms with Crippen LogP contribution in [0.2, 0.25) is 0 Å². The third-order valence-corrected chi connectivity index (χ3v) is 6.45. The Morgan fingerprint density at radius 3 is 2.88 bits per heavy atom. The highest BCUT2D eigenvalue weighted by Gasteiger charge is 2.61. The van der Waals surface area contributed by atoms with Crippen molar-refractivity contribution in [2.45, 2.75) is 32.2 Å². The second-order valence-electron chi connectivity index (χ2n) is 6.92. The number of pyridine rings is 1. The molecular weight excluding hydrogens is 354 g/mol. The van der Waals surface area contributed by atoms with E-state index in [1.54, 1.807) is 6.07 Å². The minimum Gasteiger partial charge on any atom is -0.488 e. The Balaban J connectivity index is 1.56. The van der Waals surface area contributed by atoms with Gasteiger partial charge in [0, 0.05) is 5.38 Å². The molecule has 138 valence electrons. The molecule has 7 nitrogen and oxygen atoms in total. The number of primary amides is 1. The van der Waals surface area contributed by atoms with Crippen molar-refractivity contribution in [3.05, 3.63) is 17.0 Å². The van der Waals surface area contributed by atoms with E-state index in [4.69, 9.17) is 15.2 Å². The van der Waals surface area contributed by atoms with Crippen molar-refractivity contribution in [1.82, 2.24) is 10.3 Å². The van der Waals surface area contributed by atoms with Gasteiger partial charge < -0.3 is 20.5 Å². The van der Waals surface area contributed by atoms with Crippen LogP contribution >= 0.6 is 11.3 Å². The molecule has 2 atom stereocenters. The Hall–Kier alpha value is -2.35. The third-order valence-electron chi connectivity index (χ3n) is 5.55. The van der Waals surface area contributed by atoms with Crippen molar-refractivity contribution in [3.63, 3.8) is 0 Å². The molecule has 2 aromatic rings. The Kier molecular flexibility index (Phi) is 4.02. The maximum Gasteiger partial charge on any atom is 0.254 e. The number of nitrogens with two attached hydrogens (primary N) is 1. The SMILES string of the molecule is CC[C@H]1[C@@H](COc2csc3cc(C(N)=O)c(OC)nc23)NC(=O)C12CC2. The fourth-order valence-corrected chi connectivity index (χ4v) is 4.92. The molecule has 1 aliphatic carbocycles. The standard InChI is InChI=1S/C18H21N3O4S/c1-3-10-11(20-17(23)18(10)4-5-18)7-25-12-8-26-13-6-9(15(19)22)16(24-2)21-14(12)13/h6,8,10-11H,3-5,7H2,1-2H3,(H2,19,22)(H,20,23)/t10-,11+/m0/s1. The average molecular weight is 375 g/mol. The van der Waals surface area contributed by atoms with Crippen LogP contribution in [-0.4, -0.2) is 36.6 Å². The highest BCUT2D eigenvalue weighted by atomic mass is 32.1. The second-order valence-corrected chi connectivity index (χ2v) is 7.83. The summed E-state index contributed by atoms with van der Waals surface area (Å²) in [5.74, 6) is 0.704. The molecule has 3 heterocycles. The Labute approximate surface area is 154 Å². The van der Waals surface area contributed by atoms with Crippen molar-refractivity contribution < 1.29 is 19.1 Å². The first kappa shape index (κ1) is 17.1. The first-order valence-corrected chi connectivity index (χ1v) is 9.58. The molecule has 8 heteroatoms. The molecule has 2 fully saturated rings. The fourth-order valence-electron chi connectivity index (χ4n) is 4.06. The summed E-state index contributed by atoms with van der Waals surface area (Å²) >= 11 is 1.43. The Morgan fingerprint density at radius 2 is 2.27 bits per heavy atom. The lowest BCUT2D eigenvalue weighted by atomic mass is 9.85. The average Bonchev–Trinajstić information content (AvgIpc) is 3.26. The second kappa shape index (κ2) is 6.12. The molecule has 0 radical (unpaired) electrons. The van der Waals surface area contributed by atoms with E-state index in [0.717, 1.165) is 24.0 Å². The summed E-state index contributed by atoms with van der Waals surface area (Å²) in [6, 6.07) is 1.68. The maximum absolute atomic E-state index is 12.3. The predicted molar refractivity (Wildman–Crippen MR) is 97.6 cm³/mol. The highest BCUT2D eigenvalue weighted by Crippen LogP contribution is 2.57. The van der Waals surface area contributed by atoms with Crippen molar-refractivity contribution >= 4 is 33.4 Å². The van der Waals surface area contributed by atoms with Gasteiger partial charge in [0.2, 0.25) is 11.8 Å². The minimum atomic E-state index is -0.582. The number of hydrogen-bond donors (Lipinski definition) is 2. The lowest BCUT2D eigenvalue weighted by Crippen LogP contribution is -2.34. The number of amides is 2. The summed E-state index contributed by atoms with van der Waals surface area (Å²) in [6.45, 7) is 2.52. The van der Waals surface area contributed by atoms with E-state index in [0.29, 0.717) is 23.8 Å². The molecule has 0 unspecified atom stereocenters. The molecule has 26 heavy (non-hydrogen) atoms. The molecule has 1 aliphatic heterocycles. The number of nitrogens with zero attached hydrogens (tertiary/aromatic N) is 1. The molecule has 0 aromatic carbocycles. The zero-order valence-electron chi connectivity index (χ0n) is 14.7. The van der Waals surface area contributed by atoms with Crippen LogP contribution in [-0.2, 0) is 4.79 Å². The van der Waals surface area contributed by atoms with Gasteiger partial charge in [-0.05, 0) is 24.8 Å². The fraction of sp³-hybridized carbons (Fsp3) is 0.500. The number of hydrogen-bond acceptors (Lipinski definition) is 6. The van der Waals surface area contributed by atoms with E-state index < -0.39 is 5.91 Å². The number of carbonyl (C=O) groups is 2. The normalized spacial score (nSPS) is 23.2. The summed E-state index contributed by atoms with van der Waals surface area (Å²) in [4.78, 5) is 28.2. The van der Waals surface area contributed by atoms with Crippen molar-refractivity contribution in [2.75, 3.05) is 13.7 Å². The molecule has 4 rings (SSSR count). The van der Waals surface area contributed by atoms with Gasteiger partial charge in [0.05, 0.1) is 23.3 Å². The van der Waals surface area contributed by atoms with E-state index in [2.05, 4.69) is 17.2 Å². The van der Waals surface area contributed by atoms with Gasteiger partial charge in [-0.3, -0.25) is 9.59 Å². The van der Waals surface area contributed by atoms with Crippen LogP contribution in [0, 0.1) is 11.3 Å². The Morgan fingerprint density at radius 1 is 1.50 bits per heavy atom. The third kappa shape index (κ3) is 2.51. The largest absolute Gasteiger partial charge is 0.488 e. The van der Waals surface area contributed by atoms with Crippen LogP contribution < -0.4 is 20.5 Å². The summed E-state index contributed by atoms with van der Waals surface area (Å²) in [7, 11) is 1.45. The van der Waals surface area contributed by atoms with Crippen molar-refractivity contribution in [1.29, 1.82) is 0 Å². The van der Waals surface area contributed by atoms with Gasteiger partial charge in [-0.1, -0.05) is 13.3 Å². The van der Waals surface area contributed by atoms with E-state index in [-0.39, 0.29) is 28.8 Å². The molecule has 2 aromatic heterocycles. The highest BCUT2D eigenvalue weighted by molar-refractivity contribution is 7.17. The van der Waals surface area contributed by atoms with Gasteiger partial charge in [-0.15, -0.1) is 11.3 Å². The molecule has 0 bridgehead atoms. The number of nitrogens with one attached hydrogen (secondary N) is 1. The minimum absolute atomic E-state index is 0.0109. The lowest BCUT2D eigenvalue weighted by molar-refractivity contribution is -0.124. The van der Waals surface area contributed by atoms with Crippen LogP contribution in [0.5, 0.6) is 11.6 Å². The molecule has 1 spiro atoms. The summed E-state index contributed by atoms with van der Waals surface area (Å²) in [5.41, 5.74) is 6.11. The van der Waals surface area contributed by atoms with Crippen LogP contribution in [0.25, 0.3) is 10.2 Å². The monoisotopic (exact) mass is 375 g/mol. The van der Waals surface area contributed by atoms with E-state index in [1.165, 1.54) is 18.4 Å². The van der Waals surface area contributed by atoms with Gasteiger partial charge in [0.25, 0.3) is 5.91 Å². The quantitative estimate of drug-likeness (QED) is 0.805. The predicted octanol–water partition coefficient (Wildman–Crippen LogP) is 2.09. The molecule has 3 N–H and O–H groups in total. The van der Waals surface area contributed by atoms with Crippen molar-refractivity contribution in [2.24, 2.45) is 17.1 Å². The first-order chi connectivity index (χ1) is 12.5. The van der Waals surface area contributed by atoms with Crippen LogP contribution in [0.1, 0.15) is 36.5 Å². The van der Waals surface area contributed by atoms with Crippen molar-refractivity contribution in [3.8, 4) is 11.6 Å². The van der Waals surface area contributed by atoms with Crippen LogP contribution in [0.4, 0.5) is 0 Å². The first-order valence-electron chi connectivity index (χ1n) is 8.70. The van der Waals surface area contributed by atoms with Crippen LogP contribution in [0.3, 0.4) is 0 Å². The van der Waals surface area contributed by atoms with E-state index in [9.17, 15) is 9.59 Å². The number of carbonyl (C=O) groups excluding carboxylic acids is 2. The summed E-state index contributed by atoms with van der Waals surface area (Å²) in [6.07, 6.45) is 2.90. The maximum atomic E-state index is 12.3. The smallest absolute Gasteiger partial charge is 0.254 e. The summed E-state index contributed by atoms with van der Waals surface area (Å²) < 4.78 is 12.0. The molecule has 1 saturated heterocycles. The van der Waals surface area contributed by atoms with E-state index >= 15 is 0 Å². The number of thiophene rings is 1. The van der Waals surface area contributed by atoms with Gasteiger partial charge in [-0.2, -0.15) is 0 Å². The zero-order chi connectivity index (χ0) is 18.5. The molecule has 1 saturated carbocycles. The zero-order valence-corrected chi connectivity index (χ0v) is 15.5. The van der Waals surface area contributed by atoms with Gasteiger partial charge in [0.1, 0.15) is 17.7 Å². The topological polar surface area (TPSA) is 104 Å². The number of fused-ring (bicyclic) bond motifs is 1. The Bertz CT molecular complexity index is 890. The summed E-state index contributed by atoms with van der Waals surface area (Å²) in [5, 5.41) is 4.95. The number of aromatic nitrogens is 1. The molecule has 2 aliphatic rings. The van der Waals surface area contributed by atoms with Crippen LogP contribution in [0.15, 0.2) is 11.4 Å².